The fourth-order valence-electron chi connectivity index (χ4n) is 3.51. The summed E-state index contributed by atoms with van der Waals surface area (Å²) in [7, 11) is 0. The Hall–Kier alpha value is -5.44. The van der Waals surface area contributed by atoms with Crippen LogP contribution in [-0.2, 0) is 0 Å². The molecule has 1 N–H and O–H groups in total. The molecule has 9 nitrogen and oxygen atoms in total. The van der Waals surface area contributed by atoms with Gasteiger partial charge in [-0.05, 0) is 54.6 Å². The Bertz CT molecular complexity index is 1520. The Balaban J connectivity index is 1.35. The monoisotopic (exact) mass is 508 g/mol. The van der Waals surface area contributed by atoms with E-state index in [4.69, 9.17) is 18.9 Å². The molecule has 0 atom stereocenters. The normalized spacial score (nSPS) is 11.7. The number of fused-ring (bicyclic) bond motifs is 1. The highest BCUT2D eigenvalue weighted by Gasteiger charge is 2.17. The Labute approximate surface area is 217 Å². The predicted molar refractivity (Wildman–Crippen MR) is 137 cm³/mol. The maximum Gasteiger partial charge on any atom is 0.343 e. The summed E-state index contributed by atoms with van der Waals surface area (Å²) in [5, 5.41) is 3.99. The number of esters is 2. The second kappa shape index (κ2) is 11.1. The van der Waals surface area contributed by atoms with Gasteiger partial charge >= 0.3 is 11.9 Å². The summed E-state index contributed by atoms with van der Waals surface area (Å²) in [6.07, 6.45) is 1.32. The third kappa shape index (κ3) is 5.68. The molecule has 38 heavy (non-hydrogen) atoms. The molecule has 188 valence electrons. The SMILES string of the molecule is O=C(N/N=C\c1ccc(OC(=O)c2ccccc2)cc1OC(=O)c1ccccc1)c1ccc2c(c1)OCO2. The minimum atomic E-state index is -0.615. The van der Waals surface area contributed by atoms with Crippen LogP contribution in [0.1, 0.15) is 36.6 Å². The van der Waals surface area contributed by atoms with Crippen LogP contribution in [0, 0.1) is 0 Å². The fraction of sp³-hybridized carbons (Fsp3) is 0.0345. The predicted octanol–water partition coefficient (Wildman–Crippen LogP) is 4.62. The van der Waals surface area contributed by atoms with Crippen molar-refractivity contribution in [3.8, 4) is 23.0 Å². The van der Waals surface area contributed by atoms with Gasteiger partial charge in [-0.3, -0.25) is 4.79 Å². The molecule has 1 heterocycles. The highest BCUT2D eigenvalue weighted by atomic mass is 16.7. The van der Waals surface area contributed by atoms with Crippen LogP contribution < -0.4 is 24.4 Å². The van der Waals surface area contributed by atoms with Crippen LogP contribution in [-0.4, -0.2) is 30.9 Å². The Morgan fingerprint density at radius 1 is 0.711 bits per heavy atom. The zero-order valence-electron chi connectivity index (χ0n) is 19.8. The quantitative estimate of drug-likeness (QED) is 0.168. The fourth-order valence-corrected chi connectivity index (χ4v) is 3.51. The zero-order valence-corrected chi connectivity index (χ0v) is 19.8. The summed E-state index contributed by atoms with van der Waals surface area (Å²) < 4.78 is 21.6. The lowest BCUT2D eigenvalue weighted by molar-refractivity contribution is 0.0732. The number of benzene rings is 4. The molecule has 5 rings (SSSR count). The van der Waals surface area contributed by atoms with Crippen molar-refractivity contribution in [2.45, 2.75) is 0 Å². The average molecular weight is 508 g/mol. The third-order valence-electron chi connectivity index (χ3n) is 5.42. The van der Waals surface area contributed by atoms with Crippen LogP contribution in [0.15, 0.2) is 102 Å². The van der Waals surface area contributed by atoms with Gasteiger partial charge in [0.1, 0.15) is 11.5 Å². The molecule has 0 aromatic heterocycles. The molecule has 0 unspecified atom stereocenters. The molecule has 9 heteroatoms. The van der Waals surface area contributed by atoms with E-state index in [1.807, 2.05) is 0 Å². The number of hydrogen-bond donors (Lipinski definition) is 1. The van der Waals surface area contributed by atoms with E-state index in [0.29, 0.717) is 33.8 Å². The minimum absolute atomic E-state index is 0.0818. The van der Waals surface area contributed by atoms with Crippen molar-refractivity contribution in [2.24, 2.45) is 5.10 Å². The number of rotatable bonds is 7. The lowest BCUT2D eigenvalue weighted by Gasteiger charge is -2.10. The van der Waals surface area contributed by atoms with Crippen LogP contribution in [0.2, 0.25) is 0 Å². The summed E-state index contributed by atoms with van der Waals surface area (Å²) in [6, 6.07) is 26.2. The summed E-state index contributed by atoms with van der Waals surface area (Å²) >= 11 is 0. The number of ether oxygens (including phenoxy) is 4. The lowest BCUT2D eigenvalue weighted by atomic mass is 10.2. The molecule has 0 radical (unpaired) electrons. The molecule has 0 spiro atoms. The standard InChI is InChI=1S/C29H20N2O7/c32-27(21-12-14-24-26(15-21)36-18-35-24)31-30-17-22-11-13-23(37-28(33)19-7-3-1-4-8-19)16-25(22)38-29(34)20-9-5-2-6-10-20/h1-17H,18H2,(H,31,32)/b30-17-. The Morgan fingerprint density at radius 3 is 2.08 bits per heavy atom. The van der Waals surface area contributed by atoms with E-state index in [1.165, 1.54) is 18.3 Å². The number of carbonyl (C=O) groups excluding carboxylic acids is 3. The molecule has 0 aliphatic carbocycles. The first-order chi connectivity index (χ1) is 18.6. The van der Waals surface area contributed by atoms with E-state index in [9.17, 15) is 14.4 Å². The van der Waals surface area contributed by atoms with Gasteiger partial charge in [0.15, 0.2) is 11.5 Å². The van der Waals surface area contributed by atoms with E-state index in [-0.39, 0.29) is 18.3 Å². The maximum atomic E-state index is 12.7. The van der Waals surface area contributed by atoms with Crippen molar-refractivity contribution in [1.82, 2.24) is 5.43 Å². The summed E-state index contributed by atoms with van der Waals surface area (Å²) in [5.74, 6) is -0.384. The number of amides is 1. The lowest BCUT2D eigenvalue weighted by Crippen LogP contribution is -2.17. The second-order valence-corrected chi connectivity index (χ2v) is 7.98. The highest BCUT2D eigenvalue weighted by molar-refractivity contribution is 5.97. The number of hydrazone groups is 1. The topological polar surface area (TPSA) is 113 Å². The smallest absolute Gasteiger partial charge is 0.343 e. The molecular weight excluding hydrogens is 488 g/mol. The molecule has 1 amide bonds. The van der Waals surface area contributed by atoms with Crippen LogP contribution in [0.25, 0.3) is 0 Å². The van der Waals surface area contributed by atoms with Crippen LogP contribution in [0.5, 0.6) is 23.0 Å². The van der Waals surface area contributed by atoms with Crippen molar-refractivity contribution in [2.75, 3.05) is 6.79 Å². The summed E-state index contributed by atoms with van der Waals surface area (Å²) in [5.41, 5.74) is 3.81. The molecular formula is C29H20N2O7. The van der Waals surface area contributed by atoms with Crippen molar-refractivity contribution in [3.05, 3.63) is 119 Å². The van der Waals surface area contributed by atoms with E-state index >= 15 is 0 Å². The van der Waals surface area contributed by atoms with Crippen LogP contribution in [0.3, 0.4) is 0 Å². The summed E-state index contributed by atoms with van der Waals surface area (Å²) in [4.78, 5) is 37.7. The van der Waals surface area contributed by atoms with Gasteiger partial charge in [-0.1, -0.05) is 36.4 Å². The van der Waals surface area contributed by atoms with Gasteiger partial charge in [0.2, 0.25) is 6.79 Å². The van der Waals surface area contributed by atoms with Crippen molar-refractivity contribution >= 4 is 24.1 Å². The van der Waals surface area contributed by atoms with E-state index in [0.717, 1.165) is 0 Å². The van der Waals surface area contributed by atoms with Crippen LogP contribution in [0.4, 0.5) is 0 Å². The van der Waals surface area contributed by atoms with E-state index in [2.05, 4.69) is 10.5 Å². The zero-order chi connectivity index (χ0) is 26.3. The first-order valence-corrected chi connectivity index (χ1v) is 11.5. The van der Waals surface area contributed by atoms with Gasteiger partial charge in [-0.2, -0.15) is 5.10 Å². The molecule has 0 saturated heterocycles. The first kappa shape index (κ1) is 24.3. The van der Waals surface area contributed by atoms with Gasteiger partial charge in [0, 0.05) is 17.2 Å². The first-order valence-electron chi connectivity index (χ1n) is 11.5. The molecule has 1 aliphatic rings. The molecule has 0 fully saturated rings. The molecule has 4 aromatic carbocycles. The van der Waals surface area contributed by atoms with Crippen molar-refractivity contribution in [3.63, 3.8) is 0 Å². The molecule has 1 aliphatic heterocycles. The third-order valence-corrected chi connectivity index (χ3v) is 5.42. The summed E-state index contributed by atoms with van der Waals surface area (Å²) in [6.45, 7) is 0.0969. The largest absolute Gasteiger partial charge is 0.454 e. The number of hydrogen-bond acceptors (Lipinski definition) is 8. The highest BCUT2D eigenvalue weighted by Crippen LogP contribution is 2.32. The Kier molecular flexibility index (Phi) is 7.08. The minimum Gasteiger partial charge on any atom is -0.454 e. The molecule has 0 bridgehead atoms. The van der Waals surface area contributed by atoms with Crippen LogP contribution >= 0.6 is 0 Å². The van der Waals surface area contributed by atoms with Gasteiger partial charge in [0.05, 0.1) is 17.3 Å². The molecule has 0 saturated carbocycles. The van der Waals surface area contributed by atoms with Crippen molar-refractivity contribution < 1.29 is 33.3 Å². The molecule has 4 aromatic rings. The van der Waals surface area contributed by atoms with Gasteiger partial charge < -0.3 is 18.9 Å². The van der Waals surface area contributed by atoms with Gasteiger partial charge in [-0.15, -0.1) is 0 Å². The number of nitrogens with zero attached hydrogens (tertiary/aromatic N) is 1. The van der Waals surface area contributed by atoms with Gasteiger partial charge in [0.25, 0.3) is 5.91 Å². The van der Waals surface area contributed by atoms with E-state index < -0.39 is 17.8 Å². The van der Waals surface area contributed by atoms with Gasteiger partial charge in [-0.25, -0.2) is 15.0 Å². The van der Waals surface area contributed by atoms with E-state index in [1.54, 1.807) is 84.9 Å². The average Bonchev–Trinajstić information content (AvgIpc) is 3.43. The van der Waals surface area contributed by atoms with Crippen molar-refractivity contribution in [1.29, 1.82) is 0 Å². The Morgan fingerprint density at radius 2 is 1.37 bits per heavy atom. The number of nitrogens with one attached hydrogen (secondary N) is 1. The number of carbonyl (C=O) groups is 3. The second-order valence-electron chi connectivity index (χ2n) is 7.98. The maximum absolute atomic E-state index is 12.7.